The molecule has 118 valence electrons. The Kier molecular flexibility index (Phi) is 4.71. The van der Waals surface area contributed by atoms with Gasteiger partial charge in [0.25, 0.3) is 5.56 Å². The molecule has 1 aromatic rings. The molecule has 0 bridgehead atoms. The van der Waals surface area contributed by atoms with Crippen molar-refractivity contribution in [2.75, 3.05) is 12.3 Å². The van der Waals surface area contributed by atoms with Gasteiger partial charge < -0.3 is 15.5 Å². The number of hydrogen-bond donors (Lipinski definition) is 2. The van der Waals surface area contributed by atoms with Crippen LogP contribution in [-0.2, 0) is 10.3 Å². The second-order valence-corrected chi connectivity index (χ2v) is 6.48. The number of rotatable bonds is 4. The zero-order valence-electron chi connectivity index (χ0n) is 13.5. The van der Waals surface area contributed by atoms with E-state index in [1.54, 1.807) is 0 Å². The number of nitrogens with one attached hydrogen (secondary N) is 1. The van der Waals surface area contributed by atoms with Gasteiger partial charge in [0, 0.05) is 6.61 Å². The summed E-state index contributed by atoms with van der Waals surface area (Å²) in [4.78, 5) is 19.8. The summed E-state index contributed by atoms with van der Waals surface area (Å²) in [6.07, 6.45) is 3.92. The Balaban J connectivity index is 2.45. The van der Waals surface area contributed by atoms with Gasteiger partial charge in [0.2, 0.25) is 0 Å². The van der Waals surface area contributed by atoms with Crippen LogP contribution < -0.4 is 11.3 Å². The molecule has 1 saturated carbocycles. The number of nitrogens with zero attached hydrogens (tertiary/aromatic N) is 1. The lowest BCUT2D eigenvalue weighted by Gasteiger charge is -2.38. The quantitative estimate of drug-likeness (QED) is 0.894. The van der Waals surface area contributed by atoms with Crippen LogP contribution in [0.2, 0.25) is 0 Å². The topological polar surface area (TPSA) is 81.0 Å². The lowest BCUT2D eigenvalue weighted by molar-refractivity contribution is -0.0837. The van der Waals surface area contributed by atoms with Crippen molar-refractivity contribution >= 4 is 5.82 Å². The van der Waals surface area contributed by atoms with E-state index in [-0.39, 0.29) is 11.5 Å². The molecular formula is C16H27N3O2. The third-order valence-electron chi connectivity index (χ3n) is 4.50. The number of aromatic amines is 1. The third-order valence-corrected chi connectivity index (χ3v) is 4.50. The van der Waals surface area contributed by atoms with Crippen molar-refractivity contribution < 1.29 is 4.74 Å². The molecule has 0 radical (unpaired) electrons. The van der Waals surface area contributed by atoms with Crippen molar-refractivity contribution in [1.29, 1.82) is 0 Å². The summed E-state index contributed by atoms with van der Waals surface area (Å²) < 4.78 is 6.03. The Morgan fingerprint density at radius 1 is 1.43 bits per heavy atom. The van der Waals surface area contributed by atoms with Crippen LogP contribution in [0.1, 0.15) is 70.7 Å². The maximum Gasteiger partial charge on any atom is 0.256 e. The van der Waals surface area contributed by atoms with Gasteiger partial charge in [0.1, 0.15) is 17.2 Å². The van der Waals surface area contributed by atoms with Gasteiger partial charge >= 0.3 is 0 Å². The van der Waals surface area contributed by atoms with Gasteiger partial charge in [-0.2, -0.15) is 0 Å². The average molecular weight is 293 g/mol. The van der Waals surface area contributed by atoms with Crippen LogP contribution in [0.4, 0.5) is 5.82 Å². The van der Waals surface area contributed by atoms with Crippen molar-refractivity contribution in [3.63, 3.8) is 0 Å². The second-order valence-electron chi connectivity index (χ2n) is 6.48. The van der Waals surface area contributed by atoms with E-state index >= 15 is 0 Å². The summed E-state index contributed by atoms with van der Waals surface area (Å²) in [5.41, 5.74) is 5.97. The van der Waals surface area contributed by atoms with Crippen LogP contribution in [-0.4, -0.2) is 16.6 Å². The number of aromatic nitrogens is 2. The lowest BCUT2D eigenvalue weighted by Crippen LogP contribution is -2.38. The standard InChI is InChI=1S/C16H27N3O2/c1-5-21-16(8-6-11(4)7-9-16)15-18-13(17)12(10(2)3)14(20)19-15/h10-11H,5-9H2,1-4H3,(H3,17,18,19,20). The first-order valence-electron chi connectivity index (χ1n) is 7.93. The van der Waals surface area contributed by atoms with Gasteiger partial charge in [-0.25, -0.2) is 4.98 Å². The van der Waals surface area contributed by atoms with Crippen LogP contribution in [0, 0.1) is 5.92 Å². The van der Waals surface area contributed by atoms with E-state index in [0.29, 0.717) is 29.7 Å². The fraction of sp³-hybridized carbons (Fsp3) is 0.750. The molecule has 0 saturated heterocycles. The second kappa shape index (κ2) is 6.18. The van der Waals surface area contributed by atoms with Gasteiger partial charge in [-0.05, 0) is 44.4 Å². The van der Waals surface area contributed by atoms with Gasteiger partial charge in [-0.3, -0.25) is 4.79 Å². The van der Waals surface area contributed by atoms with E-state index in [1.807, 2.05) is 20.8 Å². The van der Waals surface area contributed by atoms with E-state index in [0.717, 1.165) is 25.7 Å². The maximum absolute atomic E-state index is 12.3. The Labute approximate surface area is 126 Å². The summed E-state index contributed by atoms with van der Waals surface area (Å²) in [6, 6.07) is 0. The van der Waals surface area contributed by atoms with Gasteiger partial charge in [-0.1, -0.05) is 20.8 Å². The Bertz CT molecular complexity index is 543. The first-order chi connectivity index (χ1) is 9.89. The summed E-state index contributed by atoms with van der Waals surface area (Å²) in [5, 5.41) is 0. The predicted molar refractivity (Wildman–Crippen MR) is 84.3 cm³/mol. The van der Waals surface area contributed by atoms with E-state index < -0.39 is 5.60 Å². The zero-order chi connectivity index (χ0) is 15.6. The van der Waals surface area contributed by atoms with Crippen LogP contribution in [0.3, 0.4) is 0 Å². The average Bonchev–Trinajstić information content (AvgIpc) is 2.40. The number of nitrogens with two attached hydrogens (primary N) is 1. The molecule has 1 heterocycles. The molecule has 21 heavy (non-hydrogen) atoms. The highest BCUT2D eigenvalue weighted by Crippen LogP contribution is 2.41. The Hall–Kier alpha value is -1.36. The molecule has 1 fully saturated rings. The molecule has 0 aliphatic heterocycles. The molecule has 3 N–H and O–H groups in total. The highest BCUT2D eigenvalue weighted by Gasteiger charge is 2.39. The van der Waals surface area contributed by atoms with E-state index in [9.17, 15) is 4.79 Å². The third kappa shape index (κ3) is 3.12. The monoisotopic (exact) mass is 293 g/mol. The predicted octanol–water partition coefficient (Wildman–Crippen LogP) is 2.92. The van der Waals surface area contributed by atoms with Crippen molar-refractivity contribution in [3.8, 4) is 0 Å². The number of anilines is 1. The van der Waals surface area contributed by atoms with Crippen molar-refractivity contribution in [2.45, 2.75) is 64.9 Å². The van der Waals surface area contributed by atoms with Gasteiger partial charge in [0.15, 0.2) is 0 Å². The van der Waals surface area contributed by atoms with Gasteiger partial charge in [0.05, 0.1) is 5.56 Å². The number of ether oxygens (including phenoxy) is 1. The smallest absolute Gasteiger partial charge is 0.256 e. The molecule has 1 aliphatic rings. The number of hydrogen-bond acceptors (Lipinski definition) is 4. The zero-order valence-corrected chi connectivity index (χ0v) is 13.5. The van der Waals surface area contributed by atoms with E-state index in [4.69, 9.17) is 10.5 Å². The molecule has 0 amide bonds. The summed E-state index contributed by atoms with van der Waals surface area (Å²) >= 11 is 0. The first-order valence-corrected chi connectivity index (χ1v) is 7.93. The molecular weight excluding hydrogens is 266 g/mol. The summed E-state index contributed by atoms with van der Waals surface area (Å²) in [7, 11) is 0. The fourth-order valence-corrected chi connectivity index (χ4v) is 3.23. The molecule has 0 unspecified atom stereocenters. The minimum absolute atomic E-state index is 0.0599. The van der Waals surface area contributed by atoms with Crippen LogP contribution in [0.25, 0.3) is 0 Å². The maximum atomic E-state index is 12.3. The molecule has 0 aromatic carbocycles. The minimum atomic E-state index is -0.482. The molecule has 5 heteroatoms. The van der Waals surface area contributed by atoms with E-state index in [2.05, 4.69) is 16.9 Å². The van der Waals surface area contributed by atoms with Crippen LogP contribution >= 0.6 is 0 Å². The summed E-state index contributed by atoms with van der Waals surface area (Å²) in [5.74, 6) is 1.69. The van der Waals surface area contributed by atoms with Crippen LogP contribution in [0.15, 0.2) is 4.79 Å². The minimum Gasteiger partial charge on any atom is -0.383 e. The first kappa shape index (κ1) is 16.0. The van der Waals surface area contributed by atoms with Crippen molar-refractivity contribution in [1.82, 2.24) is 9.97 Å². The highest BCUT2D eigenvalue weighted by molar-refractivity contribution is 5.40. The number of nitrogen functional groups attached to an aromatic ring is 1. The Morgan fingerprint density at radius 2 is 2.05 bits per heavy atom. The number of H-pyrrole nitrogens is 1. The largest absolute Gasteiger partial charge is 0.383 e. The normalized spacial score (nSPS) is 26.2. The highest BCUT2D eigenvalue weighted by atomic mass is 16.5. The lowest BCUT2D eigenvalue weighted by atomic mass is 9.78. The van der Waals surface area contributed by atoms with Crippen molar-refractivity contribution in [3.05, 3.63) is 21.7 Å². The molecule has 0 atom stereocenters. The molecule has 1 aromatic heterocycles. The molecule has 0 spiro atoms. The SMILES string of the molecule is CCOC1(c2nc(N)c(C(C)C)c(=O)[nH]2)CCC(C)CC1. The van der Waals surface area contributed by atoms with Crippen LogP contribution in [0.5, 0.6) is 0 Å². The molecule has 2 rings (SSSR count). The van der Waals surface area contributed by atoms with Crippen molar-refractivity contribution in [2.24, 2.45) is 5.92 Å². The van der Waals surface area contributed by atoms with Gasteiger partial charge in [-0.15, -0.1) is 0 Å². The molecule has 5 nitrogen and oxygen atoms in total. The molecule has 1 aliphatic carbocycles. The fourth-order valence-electron chi connectivity index (χ4n) is 3.23. The summed E-state index contributed by atoms with van der Waals surface area (Å²) in [6.45, 7) is 8.72. The Morgan fingerprint density at radius 3 is 2.52 bits per heavy atom. The van der Waals surface area contributed by atoms with E-state index in [1.165, 1.54) is 0 Å².